The first-order chi connectivity index (χ1) is 14.6. The predicted molar refractivity (Wildman–Crippen MR) is 138 cm³/mol. The fourth-order valence-corrected chi connectivity index (χ4v) is 5.73. The van der Waals surface area contributed by atoms with Gasteiger partial charge in [-0.3, -0.25) is 0 Å². The fourth-order valence-electron chi connectivity index (χ4n) is 5.11. The van der Waals surface area contributed by atoms with E-state index in [0.717, 1.165) is 53.9 Å². The molecule has 0 bridgehead atoms. The molecule has 178 valence electrons. The standard InChI is InChI=1S/C28H47BrO2/c1-20(2)10-7-11-21(3)12-8-13-22(4)14-9-16-28(6)17-15-24-25(19-29)26(30)18-23(5)27(24)31-28/h18,20-22,30H,7-17,19H2,1-6H3/t21-,22-,28-/m1/s1. The maximum Gasteiger partial charge on any atom is 0.126 e. The summed E-state index contributed by atoms with van der Waals surface area (Å²) in [6.07, 6.45) is 14.0. The molecule has 1 aliphatic rings. The maximum atomic E-state index is 10.3. The minimum Gasteiger partial charge on any atom is -0.508 e. The number of alkyl halides is 1. The second kappa shape index (κ2) is 12.5. The number of fused-ring (bicyclic) bond motifs is 1. The Hall–Kier alpha value is -0.700. The number of phenolic OH excluding ortho intramolecular Hbond substituents is 1. The number of benzene rings is 1. The van der Waals surface area contributed by atoms with Gasteiger partial charge in [-0.05, 0) is 68.9 Å². The molecule has 2 rings (SSSR count). The molecule has 0 spiro atoms. The summed E-state index contributed by atoms with van der Waals surface area (Å²) in [6, 6.07) is 1.85. The topological polar surface area (TPSA) is 29.5 Å². The van der Waals surface area contributed by atoms with E-state index in [2.05, 4.69) is 50.5 Å². The summed E-state index contributed by atoms with van der Waals surface area (Å²) < 4.78 is 6.56. The first-order valence-corrected chi connectivity index (χ1v) is 13.9. The van der Waals surface area contributed by atoms with Gasteiger partial charge in [0.05, 0.1) is 0 Å². The smallest absolute Gasteiger partial charge is 0.126 e. The number of phenols is 1. The molecule has 0 saturated carbocycles. The minimum absolute atomic E-state index is 0.0804. The highest BCUT2D eigenvalue weighted by atomic mass is 79.9. The molecular formula is C28H47BrO2. The van der Waals surface area contributed by atoms with Crippen molar-refractivity contribution >= 4 is 15.9 Å². The molecule has 0 aliphatic carbocycles. The van der Waals surface area contributed by atoms with E-state index in [0.29, 0.717) is 11.1 Å². The van der Waals surface area contributed by atoms with Crippen LogP contribution in [-0.4, -0.2) is 10.7 Å². The molecule has 0 amide bonds. The average molecular weight is 496 g/mol. The second-order valence-corrected chi connectivity index (χ2v) is 11.6. The van der Waals surface area contributed by atoms with Gasteiger partial charge in [0.25, 0.3) is 0 Å². The fraction of sp³-hybridized carbons (Fsp3) is 0.786. The van der Waals surface area contributed by atoms with E-state index in [1.165, 1.54) is 56.9 Å². The molecule has 0 fully saturated rings. The zero-order valence-corrected chi connectivity index (χ0v) is 22.6. The zero-order valence-electron chi connectivity index (χ0n) is 21.0. The summed E-state index contributed by atoms with van der Waals surface area (Å²) in [5, 5.41) is 10.9. The first-order valence-electron chi connectivity index (χ1n) is 12.7. The number of hydrogen-bond acceptors (Lipinski definition) is 2. The molecule has 1 aromatic rings. The van der Waals surface area contributed by atoms with Crippen LogP contribution >= 0.6 is 15.9 Å². The number of ether oxygens (including phenoxy) is 1. The van der Waals surface area contributed by atoms with Crippen molar-refractivity contribution in [3.63, 3.8) is 0 Å². The van der Waals surface area contributed by atoms with E-state index < -0.39 is 0 Å². The van der Waals surface area contributed by atoms with E-state index in [9.17, 15) is 5.11 Å². The molecule has 1 heterocycles. The van der Waals surface area contributed by atoms with Gasteiger partial charge in [-0.25, -0.2) is 0 Å². The van der Waals surface area contributed by atoms with Crippen molar-refractivity contribution in [3.8, 4) is 11.5 Å². The summed E-state index contributed by atoms with van der Waals surface area (Å²) in [7, 11) is 0. The van der Waals surface area contributed by atoms with Crippen molar-refractivity contribution in [3.05, 3.63) is 22.8 Å². The van der Waals surface area contributed by atoms with Gasteiger partial charge in [-0.1, -0.05) is 88.6 Å². The Morgan fingerprint density at radius 1 is 1.00 bits per heavy atom. The summed E-state index contributed by atoms with van der Waals surface area (Å²) in [4.78, 5) is 0. The Kier molecular flexibility index (Phi) is 10.7. The molecule has 1 N–H and O–H groups in total. The van der Waals surface area contributed by atoms with Crippen LogP contribution in [0.5, 0.6) is 11.5 Å². The lowest BCUT2D eigenvalue weighted by atomic mass is 9.84. The number of aromatic hydroxyl groups is 1. The molecule has 3 heteroatoms. The van der Waals surface area contributed by atoms with E-state index in [4.69, 9.17) is 4.74 Å². The SMILES string of the molecule is Cc1cc(O)c(CBr)c2c1O[C@](C)(CCC[C@H](C)CCC[C@H](C)CCCC(C)C)CC2. The largest absolute Gasteiger partial charge is 0.508 e. The van der Waals surface area contributed by atoms with Gasteiger partial charge in [0.2, 0.25) is 0 Å². The van der Waals surface area contributed by atoms with Crippen LogP contribution in [0.15, 0.2) is 6.07 Å². The lowest BCUT2D eigenvalue weighted by Gasteiger charge is -2.38. The van der Waals surface area contributed by atoms with Gasteiger partial charge >= 0.3 is 0 Å². The Bertz CT molecular complexity index is 684. The van der Waals surface area contributed by atoms with E-state index in [1.54, 1.807) is 0 Å². The highest BCUT2D eigenvalue weighted by molar-refractivity contribution is 9.08. The van der Waals surface area contributed by atoms with E-state index in [1.807, 2.05) is 13.0 Å². The average Bonchev–Trinajstić information content (AvgIpc) is 2.68. The highest BCUT2D eigenvalue weighted by Crippen LogP contribution is 2.43. The molecule has 0 radical (unpaired) electrons. The van der Waals surface area contributed by atoms with Gasteiger partial charge in [0.1, 0.15) is 17.1 Å². The normalized spacial score (nSPS) is 20.4. The van der Waals surface area contributed by atoms with Crippen molar-refractivity contribution in [2.24, 2.45) is 17.8 Å². The molecule has 3 atom stereocenters. The van der Waals surface area contributed by atoms with E-state index >= 15 is 0 Å². The number of aryl methyl sites for hydroxylation is 1. The van der Waals surface area contributed by atoms with Crippen LogP contribution in [0, 0.1) is 24.7 Å². The van der Waals surface area contributed by atoms with Crippen LogP contribution in [0.1, 0.15) is 116 Å². The van der Waals surface area contributed by atoms with Crippen molar-refractivity contribution in [2.45, 2.75) is 123 Å². The summed E-state index contributed by atoms with van der Waals surface area (Å²) in [5.41, 5.74) is 3.17. The third-order valence-corrected chi connectivity index (χ3v) is 7.88. The number of halogens is 1. The third kappa shape index (κ3) is 8.30. The highest BCUT2D eigenvalue weighted by Gasteiger charge is 2.33. The number of hydrogen-bond donors (Lipinski definition) is 1. The number of rotatable bonds is 13. The Morgan fingerprint density at radius 3 is 2.16 bits per heavy atom. The quantitative estimate of drug-likeness (QED) is 0.277. The second-order valence-electron chi connectivity index (χ2n) is 11.0. The Balaban J connectivity index is 1.73. The molecule has 0 aromatic heterocycles. The molecule has 0 saturated heterocycles. The van der Waals surface area contributed by atoms with Crippen LogP contribution in [-0.2, 0) is 11.8 Å². The lowest BCUT2D eigenvalue weighted by molar-refractivity contribution is 0.0512. The minimum atomic E-state index is -0.0804. The van der Waals surface area contributed by atoms with Crippen molar-refractivity contribution in [1.29, 1.82) is 0 Å². The Labute approximate surface area is 200 Å². The van der Waals surface area contributed by atoms with Crippen molar-refractivity contribution < 1.29 is 9.84 Å². The van der Waals surface area contributed by atoms with Crippen LogP contribution in [0.4, 0.5) is 0 Å². The molecule has 0 unspecified atom stereocenters. The molecule has 1 aromatic carbocycles. The lowest BCUT2D eigenvalue weighted by Crippen LogP contribution is -2.37. The van der Waals surface area contributed by atoms with Crippen molar-refractivity contribution in [1.82, 2.24) is 0 Å². The zero-order chi connectivity index (χ0) is 23.0. The van der Waals surface area contributed by atoms with Crippen LogP contribution < -0.4 is 4.74 Å². The molecular weight excluding hydrogens is 448 g/mol. The molecule has 31 heavy (non-hydrogen) atoms. The summed E-state index contributed by atoms with van der Waals surface area (Å²) in [6.45, 7) is 13.9. The van der Waals surface area contributed by atoms with Gasteiger partial charge in [0, 0.05) is 16.5 Å². The summed E-state index contributed by atoms with van der Waals surface area (Å²) >= 11 is 3.53. The van der Waals surface area contributed by atoms with Gasteiger partial charge in [-0.15, -0.1) is 0 Å². The predicted octanol–water partition coefficient (Wildman–Crippen LogP) is 9.12. The van der Waals surface area contributed by atoms with Crippen LogP contribution in [0.3, 0.4) is 0 Å². The van der Waals surface area contributed by atoms with Gasteiger partial charge in [-0.2, -0.15) is 0 Å². The van der Waals surface area contributed by atoms with Crippen molar-refractivity contribution in [2.75, 3.05) is 0 Å². The maximum absolute atomic E-state index is 10.3. The molecule has 1 aliphatic heterocycles. The first kappa shape index (κ1) is 26.6. The van der Waals surface area contributed by atoms with Crippen LogP contribution in [0.25, 0.3) is 0 Å². The van der Waals surface area contributed by atoms with Crippen LogP contribution in [0.2, 0.25) is 0 Å². The van der Waals surface area contributed by atoms with Gasteiger partial charge < -0.3 is 9.84 Å². The third-order valence-electron chi connectivity index (χ3n) is 7.32. The van der Waals surface area contributed by atoms with Gasteiger partial charge in [0.15, 0.2) is 0 Å². The Morgan fingerprint density at radius 2 is 1.58 bits per heavy atom. The molecule has 2 nitrogen and oxygen atoms in total. The monoisotopic (exact) mass is 494 g/mol. The summed E-state index contributed by atoms with van der Waals surface area (Å²) in [5.74, 6) is 3.94. The van der Waals surface area contributed by atoms with E-state index in [-0.39, 0.29) is 5.60 Å².